The smallest absolute Gasteiger partial charge is 0.112 e. The number of halogens is 1. The molecule has 1 unspecified atom stereocenters. The molecule has 20 heavy (non-hydrogen) atoms. The van der Waals surface area contributed by atoms with Crippen LogP contribution in [0.15, 0.2) is 29.0 Å². The van der Waals surface area contributed by atoms with Gasteiger partial charge >= 0.3 is 0 Å². The number of rotatable bonds is 7. The molecule has 2 rings (SSSR count). The molecule has 2 aromatic heterocycles. The normalized spacial score (nSPS) is 12.6. The summed E-state index contributed by atoms with van der Waals surface area (Å²) in [6.07, 6.45) is 9.79. The van der Waals surface area contributed by atoms with Gasteiger partial charge in [0.1, 0.15) is 5.52 Å². The van der Waals surface area contributed by atoms with Crippen molar-refractivity contribution >= 4 is 32.7 Å². The van der Waals surface area contributed by atoms with Gasteiger partial charge in [0.2, 0.25) is 0 Å². The standard InChI is InChI=1S/C16H22BrN3/c1-3-5-7-13(6-4-2)20-14-8-9-18-15-10-12(17)11-19-16(14)15/h8-11,13H,3-7H2,1-2H3,(H,18,20). The molecule has 0 aliphatic heterocycles. The van der Waals surface area contributed by atoms with Gasteiger partial charge in [-0.3, -0.25) is 9.97 Å². The highest BCUT2D eigenvalue weighted by atomic mass is 79.9. The molecule has 0 amide bonds. The zero-order valence-electron chi connectivity index (χ0n) is 12.2. The lowest BCUT2D eigenvalue weighted by Gasteiger charge is -2.19. The number of nitrogens with zero attached hydrogens (tertiary/aromatic N) is 2. The van der Waals surface area contributed by atoms with Crippen LogP contribution in [0, 0.1) is 0 Å². The molecule has 0 fully saturated rings. The van der Waals surface area contributed by atoms with Gasteiger partial charge in [0.05, 0.1) is 11.2 Å². The van der Waals surface area contributed by atoms with E-state index in [0.29, 0.717) is 6.04 Å². The summed E-state index contributed by atoms with van der Waals surface area (Å²) < 4.78 is 0.964. The fourth-order valence-electron chi connectivity index (χ4n) is 2.43. The lowest BCUT2D eigenvalue weighted by Crippen LogP contribution is -2.19. The summed E-state index contributed by atoms with van der Waals surface area (Å²) in [5.41, 5.74) is 2.97. The Morgan fingerprint density at radius 1 is 1.20 bits per heavy atom. The maximum Gasteiger partial charge on any atom is 0.112 e. The summed E-state index contributed by atoms with van der Waals surface area (Å²) >= 11 is 3.44. The Balaban J connectivity index is 2.22. The Morgan fingerprint density at radius 2 is 2.05 bits per heavy atom. The summed E-state index contributed by atoms with van der Waals surface area (Å²) in [5, 5.41) is 3.66. The van der Waals surface area contributed by atoms with Gasteiger partial charge < -0.3 is 5.32 Å². The second-order valence-corrected chi connectivity index (χ2v) is 6.07. The van der Waals surface area contributed by atoms with Crippen molar-refractivity contribution in [2.45, 2.75) is 52.0 Å². The number of nitrogens with one attached hydrogen (secondary N) is 1. The molecule has 0 aromatic carbocycles. The number of pyridine rings is 2. The Hall–Kier alpha value is -1.16. The average molecular weight is 336 g/mol. The Bertz CT molecular complexity index is 556. The first-order chi connectivity index (χ1) is 9.74. The van der Waals surface area contributed by atoms with Crippen molar-refractivity contribution in [3.8, 4) is 0 Å². The van der Waals surface area contributed by atoms with E-state index in [9.17, 15) is 0 Å². The number of hydrogen-bond donors (Lipinski definition) is 1. The van der Waals surface area contributed by atoms with Crippen LogP contribution >= 0.6 is 15.9 Å². The third kappa shape index (κ3) is 3.92. The van der Waals surface area contributed by atoms with E-state index in [-0.39, 0.29) is 0 Å². The largest absolute Gasteiger partial charge is 0.380 e. The number of hydrogen-bond acceptors (Lipinski definition) is 3. The van der Waals surface area contributed by atoms with E-state index in [1.807, 2.05) is 24.5 Å². The molecule has 0 bridgehead atoms. The van der Waals surface area contributed by atoms with Gasteiger partial charge in [-0.25, -0.2) is 0 Å². The second kappa shape index (κ2) is 7.58. The molecule has 0 saturated carbocycles. The van der Waals surface area contributed by atoms with E-state index in [1.165, 1.54) is 32.1 Å². The molecule has 0 radical (unpaired) electrons. The SMILES string of the molecule is CCCCC(CCC)Nc1ccnc2cc(Br)cnc12. The first-order valence-electron chi connectivity index (χ1n) is 7.41. The summed E-state index contributed by atoms with van der Waals surface area (Å²) in [6.45, 7) is 4.48. The van der Waals surface area contributed by atoms with Crippen molar-refractivity contribution in [2.24, 2.45) is 0 Å². The van der Waals surface area contributed by atoms with Crippen LogP contribution in [0.2, 0.25) is 0 Å². The maximum atomic E-state index is 4.50. The first-order valence-corrected chi connectivity index (χ1v) is 8.20. The van der Waals surface area contributed by atoms with Crippen LogP contribution in [-0.2, 0) is 0 Å². The number of unbranched alkanes of at least 4 members (excludes halogenated alkanes) is 1. The zero-order valence-corrected chi connectivity index (χ0v) is 13.8. The number of aromatic nitrogens is 2. The summed E-state index contributed by atoms with van der Waals surface area (Å²) in [5.74, 6) is 0. The Morgan fingerprint density at radius 3 is 2.80 bits per heavy atom. The number of anilines is 1. The van der Waals surface area contributed by atoms with Crippen LogP contribution in [-0.4, -0.2) is 16.0 Å². The van der Waals surface area contributed by atoms with Gasteiger partial charge in [-0.1, -0.05) is 33.1 Å². The van der Waals surface area contributed by atoms with E-state index in [0.717, 1.165) is 21.2 Å². The Labute approximate surface area is 129 Å². The van der Waals surface area contributed by atoms with Crippen LogP contribution in [0.3, 0.4) is 0 Å². The minimum absolute atomic E-state index is 0.524. The quantitative estimate of drug-likeness (QED) is 0.758. The van der Waals surface area contributed by atoms with E-state index >= 15 is 0 Å². The molecule has 0 aliphatic carbocycles. The minimum Gasteiger partial charge on any atom is -0.380 e. The molecule has 0 saturated heterocycles. The molecule has 2 heterocycles. The highest BCUT2D eigenvalue weighted by Crippen LogP contribution is 2.24. The molecule has 0 aliphatic rings. The van der Waals surface area contributed by atoms with Crippen molar-refractivity contribution in [3.05, 3.63) is 29.0 Å². The molecule has 3 nitrogen and oxygen atoms in total. The molecule has 1 atom stereocenters. The van der Waals surface area contributed by atoms with Crippen molar-refractivity contribution in [2.75, 3.05) is 5.32 Å². The van der Waals surface area contributed by atoms with Gasteiger partial charge in [-0.2, -0.15) is 0 Å². The second-order valence-electron chi connectivity index (χ2n) is 5.15. The van der Waals surface area contributed by atoms with Gasteiger partial charge in [0.15, 0.2) is 0 Å². The van der Waals surface area contributed by atoms with Crippen LogP contribution in [0.5, 0.6) is 0 Å². The molecular formula is C16H22BrN3. The third-order valence-electron chi connectivity index (χ3n) is 3.45. The highest BCUT2D eigenvalue weighted by molar-refractivity contribution is 9.10. The zero-order chi connectivity index (χ0) is 14.4. The van der Waals surface area contributed by atoms with Crippen LogP contribution in [0.25, 0.3) is 11.0 Å². The predicted molar refractivity (Wildman–Crippen MR) is 89.1 cm³/mol. The molecule has 1 N–H and O–H groups in total. The highest BCUT2D eigenvalue weighted by Gasteiger charge is 2.10. The first kappa shape index (κ1) is 15.2. The molecule has 2 aromatic rings. The molecule has 4 heteroatoms. The van der Waals surface area contributed by atoms with Crippen molar-refractivity contribution in [1.29, 1.82) is 0 Å². The van der Waals surface area contributed by atoms with E-state index in [4.69, 9.17) is 0 Å². The summed E-state index contributed by atoms with van der Waals surface area (Å²) in [6, 6.07) is 4.56. The van der Waals surface area contributed by atoms with Gasteiger partial charge in [0.25, 0.3) is 0 Å². The molecular weight excluding hydrogens is 314 g/mol. The lowest BCUT2D eigenvalue weighted by molar-refractivity contribution is 0.565. The molecule has 0 spiro atoms. The van der Waals surface area contributed by atoms with Crippen molar-refractivity contribution in [1.82, 2.24) is 9.97 Å². The lowest BCUT2D eigenvalue weighted by atomic mass is 10.0. The fourth-order valence-corrected chi connectivity index (χ4v) is 2.75. The third-order valence-corrected chi connectivity index (χ3v) is 3.88. The van der Waals surface area contributed by atoms with Gasteiger partial charge in [-0.15, -0.1) is 0 Å². The Kier molecular flexibility index (Phi) is 5.77. The van der Waals surface area contributed by atoms with Crippen molar-refractivity contribution in [3.63, 3.8) is 0 Å². The van der Waals surface area contributed by atoms with Crippen LogP contribution in [0.4, 0.5) is 5.69 Å². The van der Waals surface area contributed by atoms with Gasteiger partial charge in [-0.05, 0) is 40.9 Å². The van der Waals surface area contributed by atoms with E-state index in [1.54, 1.807) is 0 Å². The predicted octanol–water partition coefficient (Wildman–Crippen LogP) is 5.16. The summed E-state index contributed by atoms with van der Waals surface area (Å²) in [7, 11) is 0. The monoisotopic (exact) mass is 335 g/mol. The number of fused-ring (bicyclic) bond motifs is 1. The molecule has 108 valence electrons. The van der Waals surface area contributed by atoms with Crippen LogP contribution < -0.4 is 5.32 Å². The average Bonchev–Trinajstić information content (AvgIpc) is 2.45. The maximum absolute atomic E-state index is 4.50. The van der Waals surface area contributed by atoms with Crippen molar-refractivity contribution < 1.29 is 0 Å². The van der Waals surface area contributed by atoms with E-state index in [2.05, 4.69) is 45.1 Å². The topological polar surface area (TPSA) is 37.8 Å². The van der Waals surface area contributed by atoms with Gasteiger partial charge in [0, 0.05) is 22.9 Å². The fraction of sp³-hybridized carbons (Fsp3) is 0.500. The van der Waals surface area contributed by atoms with E-state index < -0.39 is 0 Å². The summed E-state index contributed by atoms with van der Waals surface area (Å²) in [4.78, 5) is 8.89. The van der Waals surface area contributed by atoms with Crippen LogP contribution in [0.1, 0.15) is 46.0 Å². The minimum atomic E-state index is 0.524.